The lowest BCUT2D eigenvalue weighted by Crippen LogP contribution is -2.15. The Labute approximate surface area is 162 Å². The van der Waals surface area contributed by atoms with E-state index in [9.17, 15) is 8.42 Å². The highest BCUT2D eigenvalue weighted by Gasteiger charge is 2.22. The van der Waals surface area contributed by atoms with Crippen molar-refractivity contribution in [3.63, 3.8) is 0 Å². The van der Waals surface area contributed by atoms with Gasteiger partial charge in [-0.1, -0.05) is 43.6 Å². The smallest absolute Gasteiger partial charge is 0.262 e. The Kier molecular flexibility index (Phi) is 5.37. The quantitative estimate of drug-likeness (QED) is 0.591. The van der Waals surface area contributed by atoms with Crippen LogP contribution < -0.4 is 4.72 Å². The van der Waals surface area contributed by atoms with Gasteiger partial charge in [-0.25, -0.2) is 13.4 Å². The SMILES string of the molecule is Cc1nc(-c2ccc(C(C)C)c(S(=O)(=O)Nc3cccc(Cl)c3)c2)cs1. The average Bonchev–Trinajstić information content (AvgIpc) is 3.00. The Balaban J connectivity index is 2.08. The lowest BCUT2D eigenvalue weighted by Gasteiger charge is -2.16. The van der Waals surface area contributed by atoms with E-state index < -0.39 is 10.0 Å². The van der Waals surface area contributed by atoms with E-state index in [2.05, 4.69) is 9.71 Å². The molecule has 7 heteroatoms. The summed E-state index contributed by atoms with van der Waals surface area (Å²) in [6.07, 6.45) is 0. The van der Waals surface area contributed by atoms with E-state index >= 15 is 0 Å². The fourth-order valence-electron chi connectivity index (χ4n) is 2.66. The van der Waals surface area contributed by atoms with Gasteiger partial charge >= 0.3 is 0 Å². The van der Waals surface area contributed by atoms with Crippen LogP contribution in [0.2, 0.25) is 5.02 Å². The van der Waals surface area contributed by atoms with Crippen molar-refractivity contribution in [2.24, 2.45) is 0 Å². The molecular formula is C19H19ClN2O2S2. The average molecular weight is 407 g/mol. The number of thiazole rings is 1. The third kappa shape index (κ3) is 4.09. The highest BCUT2D eigenvalue weighted by atomic mass is 35.5. The predicted octanol–water partition coefficient (Wildman–Crippen LogP) is 5.70. The topological polar surface area (TPSA) is 59.1 Å². The summed E-state index contributed by atoms with van der Waals surface area (Å²) in [5, 5.41) is 3.34. The summed E-state index contributed by atoms with van der Waals surface area (Å²) < 4.78 is 28.7. The zero-order valence-electron chi connectivity index (χ0n) is 14.7. The van der Waals surface area contributed by atoms with Crippen molar-refractivity contribution in [3.8, 4) is 11.3 Å². The number of anilines is 1. The number of rotatable bonds is 5. The Bertz CT molecular complexity index is 1040. The molecule has 2 aromatic carbocycles. The molecule has 0 unspecified atom stereocenters. The Morgan fingerprint density at radius 3 is 2.54 bits per heavy atom. The van der Waals surface area contributed by atoms with Crippen LogP contribution in [0.3, 0.4) is 0 Å². The number of aryl methyl sites for hydroxylation is 1. The first-order valence-corrected chi connectivity index (χ1v) is 10.8. The summed E-state index contributed by atoms with van der Waals surface area (Å²) in [5.74, 6) is 0.0622. The van der Waals surface area contributed by atoms with Crippen LogP contribution in [0.15, 0.2) is 52.7 Å². The van der Waals surface area contributed by atoms with Gasteiger partial charge in [0.25, 0.3) is 10.0 Å². The van der Waals surface area contributed by atoms with Gasteiger partial charge in [-0.15, -0.1) is 11.3 Å². The normalized spacial score (nSPS) is 11.7. The summed E-state index contributed by atoms with van der Waals surface area (Å²) >= 11 is 7.50. The molecule has 0 spiro atoms. The van der Waals surface area contributed by atoms with E-state index in [0.717, 1.165) is 21.8 Å². The number of nitrogens with zero attached hydrogens (tertiary/aromatic N) is 1. The van der Waals surface area contributed by atoms with Crippen LogP contribution in [0.1, 0.15) is 30.3 Å². The summed E-state index contributed by atoms with van der Waals surface area (Å²) in [6, 6.07) is 12.1. The number of hydrogen-bond donors (Lipinski definition) is 1. The molecule has 136 valence electrons. The molecule has 0 bridgehead atoms. The first-order chi connectivity index (χ1) is 12.3. The maximum absolute atomic E-state index is 13.1. The second kappa shape index (κ2) is 7.39. The van der Waals surface area contributed by atoms with Crippen LogP contribution >= 0.6 is 22.9 Å². The third-order valence-corrected chi connectivity index (χ3v) is 6.36. The predicted molar refractivity (Wildman–Crippen MR) is 109 cm³/mol. The maximum Gasteiger partial charge on any atom is 0.262 e. The number of nitrogens with one attached hydrogen (secondary N) is 1. The van der Waals surface area contributed by atoms with Crippen molar-refractivity contribution >= 4 is 38.6 Å². The number of hydrogen-bond acceptors (Lipinski definition) is 4. The molecule has 0 radical (unpaired) electrons. The number of benzene rings is 2. The van der Waals surface area contributed by atoms with Gasteiger partial charge in [0.2, 0.25) is 0 Å². The van der Waals surface area contributed by atoms with Gasteiger partial charge in [0, 0.05) is 16.0 Å². The summed E-state index contributed by atoms with van der Waals surface area (Å²) in [6.45, 7) is 5.87. The number of halogens is 1. The molecule has 3 aromatic rings. The zero-order chi connectivity index (χ0) is 18.9. The van der Waals surface area contributed by atoms with Gasteiger partial charge in [0.1, 0.15) is 0 Å². The molecule has 0 fully saturated rings. The largest absolute Gasteiger partial charge is 0.280 e. The van der Waals surface area contributed by atoms with Crippen molar-refractivity contribution in [2.45, 2.75) is 31.6 Å². The van der Waals surface area contributed by atoms with Gasteiger partial charge in [-0.3, -0.25) is 4.72 Å². The van der Waals surface area contributed by atoms with Gasteiger partial charge in [-0.05, 0) is 42.7 Å². The second-order valence-electron chi connectivity index (χ2n) is 6.27. The molecule has 1 N–H and O–H groups in total. The Hall–Kier alpha value is -1.89. The summed E-state index contributed by atoms with van der Waals surface area (Å²) in [4.78, 5) is 4.72. The van der Waals surface area contributed by atoms with Crippen LogP contribution in [0.5, 0.6) is 0 Å². The standard InChI is InChI=1S/C19H19ClN2O2S2/c1-12(2)17-8-7-14(18-11-25-13(3)21-18)9-19(17)26(23,24)22-16-6-4-5-15(20)10-16/h4-12,22H,1-3H3. The molecule has 0 aliphatic heterocycles. The van der Waals surface area contributed by atoms with Crippen LogP contribution in [0.4, 0.5) is 5.69 Å². The van der Waals surface area contributed by atoms with Gasteiger partial charge < -0.3 is 0 Å². The minimum absolute atomic E-state index is 0.0622. The first-order valence-electron chi connectivity index (χ1n) is 8.11. The Morgan fingerprint density at radius 2 is 1.92 bits per heavy atom. The lowest BCUT2D eigenvalue weighted by molar-refractivity contribution is 0.599. The maximum atomic E-state index is 13.1. The monoisotopic (exact) mass is 406 g/mol. The minimum atomic E-state index is -3.76. The van der Waals surface area contributed by atoms with Crippen molar-refractivity contribution in [3.05, 3.63) is 63.4 Å². The van der Waals surface area contributed by atoms with Crippen molar-refractivity contribution in [1.82, 2.24) is 4.98 Å². The molecule has 3 rings (SSSR count). The van der Waals surface area contributed by atoms with E-state index in [1.54, 1.807) is 30.3 Å². The molecule has 0 aliphatic rings. The van der Waals surface area contributed by atoms with Crippen LogP contribution in [-0.4, -0.2) is 13.4 Å². The van der Waals surface area contributed by atoms with Crippen LogP contribution in [0.25, 0.3) is 11.3 Å². The van der Waals surface area contributed by atoms with Gasteiger partial charge in [0.15, 0.2) is 0 Å². The van der Waals surface area contributed by atoms with E-state index in [4.69, 9.17) is 11.6 Å². The van der Waals surface area contributed by atoms with Gasteiger partial charge in [0.05, 0.1) is 21.3 Å². The molecule has 0 atom stereocenters. The van der Waals surface area contributed by atoms with Gasteiger partial charge in [-0.2, -0.15) is 0 Å². The Morgan fingerprint density at radius 1 is 1.15 bits per heavy atom. The fourth-order valence-corrected chi connectivity index (χ4v) is 4.92. The van der Waals surface area contributed by atoms with Crippen molar-refractivity contribution in [1.29, 1.82) is 0 Å². The number of aromatic nitrogens is 1. The van der Waals surface area contributed by atoms with E-state index in [-0.39, 0.29) is 10.8 Å². The molecule has 0 saturated carbocycles. The highest BCUT2D eigenvalue weighted by Crippen LogP contribution is 2.31. The molecule has 0 saturated heterocycles. The molecular weight excluding hydrogens is 388 g/mol. The molecule has 1 heterocycles. The van der Waals surface area contributed by atoms with E-state index in [1.165, 1.54) is 11.3 Å². The lowest BCUT2D eigenvalue weighted by atomic mass is 10.0. The summed E-state index contributed by atoms with van der Waals surface area (Å²) in [5.41, 5.74) is 2.75. The second-order valence-corrected chi connectivity index (χ2v) is 9.42. The van der Waals surface area contributed by atoms with Crippen LogP contribution in [0, 0.1) is 6.92 Å². The van der Waals surface area contributed by atoms with E-state index in [1.807, 2.05) is 38.3 Å². The minimum Gasteiger partial charge on any atom is -0.280 e. The van der Waals surface area contributed by atoms with Crippen molar-refractivity contribution < 1.29 is 8.42 Å². The van der Waals surface area contributed by atoms with Crippen molar-refractivity contribution in [2.75, 3.05) is 4.72 Å². The third-order valence-electron chi connectivity index (χ3n) is 3.92. The summed E-state index contributed by atoms with van der Waals surface area (Å²) in [7, 11) is -3.76. The molecule has 26 heavy (non-hydrogen) atoms. The number of sulfonamides is 1. The molecule has 0 aliphatic carbocycles. The fraction of sp³-hybridized carbons (Fsp3) is 0.211. The molecule has 0 amide bonds. The zero-order valence-corrected chi connectivity index (χ0v) is 17.0. The molecule has 4 nitrogen and oxygen atoms in total. The van der Waals surface area contributed by atoms with Crippen LogP contribution in [-0.2, 0) is 10.0 Å². The molecule has 1 aromatic heterocycles. The highest BCUT2D eigenvalue weighted by molar-refractivity contribution is 7.92. The first kappa shape index (κ1) is 18.9. The van der Waals surface area contributed by atoms with E-state index in [0.29, 0.717) is 10.7 Å².